The van der Waals surface area contributed by atoms with Gasteiger partial charge in [0.2, 0.25) is 4.77 Å². The molecule has 0 unspecified atom stereocenters. The van der Waals surface area contributed by atoms with E-state index in [4.69, 9.17) is 21.7 Å². The second kappa shape index (κ2) is 8.53. The maximum atomic E-state index is 5.69. The van der Waals surface area contributed by atoms with Crippen LogP contribution in [0.4, 0.5) is 0 Å². The molecule has 1 aromatic heterocycles. The molecule has 0 atom stereocenters. The number of rotatable bonds is 8. The Morgan fingerprint density at radius 2 is 1.77 bits per heavy atom. The van der Waals surface area contributed by atoms with Crippen LogP contribution in [0.15, 0.2) is 48.5 Å². The zero-order chi connectivity index (χ0) is 18.4. The zero-order valence-corrected chi connectivity index (χ0v) is 15.7. The fraction of sp³-hybridized carbons (Fsp3) is 0.263. The first kappa shape index (κ1) is 18.0. The van der Waals surface area contributed by atoms with E-state index in [1.807, 2.05) is 62.4 Å². The summed E-state index contributed by atoms with van der Waals surface area (Å²) in [5.74, 6) is 2.24. The summed E-state index contributed by atoms with van der Waals surface area (Å²) in [5, 5.41) is 7.16. The first-order valence-corrected chi connectivity index (χ1v) is 8.99. The van der Waals surface area contributed by atoms with E-state index in [9.17, 15) is 0 Å². The molecule has 0 saturated heterocycles. The van der Waals surface area contributed by atoms with Gasteiger partial charge in [-0.3, -0.25) is 0 Å². The zero-order valence-electron chi connectivity index (χ0n) is 14.9. The molecule has 0 aliphatic rings. The predicted molar refractivity (Wildman–Crippen MR) is 105 cm³/mol. The van der Waals surface area contributed by atoms with Crippen LogP contribution in [-0.2, 0) is 6.54 Å². The molecule has 136 valence electrons. The van der Waals surface area contributed by atoms with Crippen molar-refractivity contribution < 1.29 is 9.47 Å². The molecule has 0 amide bonds. The number of aromatic amines is 1. The third kappa shape index (κ3) is 4.05. The highest BCUT2D eigenvalue weighted by atomic mass is 32.1. The van der Waals surface area contributed by atoms with Crippen LogP contribution >= 0.6 is 12.2 Å². The average molecular weight is 370 g/mol. The lowest BCUT2D eigenvalue weighted by Gasteiger charge is -2.14. The lowest BCUT2D eigenvalue weighted by atomic mass is 10.2. The molecule has 2 aromatic carbocycles. The van der Waals surface area contributed by atoms with Gasteiger partial charge in [0.05, 0.1) is 19.8 Å². The molecule has 0 aliphatic carbocycles. The Morgan fingerprint density at radius 1 is 1.04 bits per heavy atom. The van der Waals surface area contributed by atoms with Gasteiger partial charge in [0.25, 0.3) is 0 Å². The fourth-order valence-corrected chi connectivity index (χ4v) is 2.80. The summed E-state index contributed by atoms with van der Waals surface area (Å²) in [6.45, 7) is 5.67. The predicted octanol–water partition coefficient (Wildman–Crippen LogP) is 4.15. The molecule has 26 heavy (non-hydrogen) atoms. The summed E-state index contributed by atoms with van der Waals surface area (Å²) >= 11 is 5.35. The first-order valence-electron chi connectivity index (χ1n) is 8.58. The number of ether oxygens (including phenoxy) is 2. The monoisotopic (exact) mass is 370 g/mol. The van der Waals surface area contributed by atoms with E-state index in [1.165, 1.54) is 0 Å². The number of nitrogens with zero attached hydrogens (tertiary/aromatic N) is 2. The van der Waals surface area contributed by atoms with Crippen molar-refractivity contribution in [2.45, 2.75) is 20.4 Å². The number of nitrogens with one attached hydrogen (secondary N) is 2. The summed E-state index contributed by atoms with van der Waals surface area (Å²) in [5.41, 5.74) is 5.35. The molecule has 2 N–H and O–H groups in total. The Labute approximate surface area is 157 Å². The third-order valence-corrected chi connectivity index (χ3v) is 4.03. The van der Waals surface area contributed by atoms with Gasteiger partial charge in [-0.2, -0.15) is 5.10 Å². The molecule has 0 fully saturated rings. The van der Waals surface area contributed by atoms with E-state index in [0.717, 1.165) is 28.5 Å². The Bertz CT molecular complexity index is 905. The summed E-state index contributed by atoms with van der Waals surface area (Å²) in [6.07, 6.45) is 0. The Hall–Kier alpha value is -2.80. The van der Waals surface area contributed by atoms with Gasteiger partial charge in [-0.1, -0.05) is 36.4 Å². The topological polar surface area (TPSA) is 64.1 Å². The van der Waals surface area contributed by atoms with Crippen molar-refractivity contribution in [1.82, 2.24) is 14.9 Å². The lowest BCUT2D eigenvalue weighted by Crippen LogP contribution is -2.16. The highest BCUT2D eigenvalue weighted by molar-refractivity contribution is 7.71. The second-order valence-electron chi connectivity index (χ2n) is 5.54. The van der Waals surface area contributed by atoms with Crippen LogP contribution in [0.3, 0.4) is 0 Å². The third-order valence-electron chi connectivity index (χ3n) is 3.75. The minimum Gasteiger partial charge on any atom is -0.490 e. The number of hydrogen-bond acceptors (Lipinski definition) is 5. The van der Waals surface area contributed by atoms with E-state index in [-0.39, 0.29) is 0 Å². The van der Waals surface area contributed by atoms with E-state index in [1.54, 1.807) is 4.68 Å². The SMILES string of the molecule is CCOc1ccc(CNn2c(-c3ccccc3)n[nH]c2=S)cc1OCC. The van der Waals surface area contributed by atoms with Crippen LogP contribution < -0.4 is 14.9 Å². The van der Waals surface area contributed by atoms with Crippen LogP contribution in [0.5, 0.6) is 11.5 Å². The molecule has 7 heteroatoms. The molecule has 3 aromatic rings. The molecular formula is C19H22N4O2S. The first-order chi connectivity index (χ1) is 12.7. The minimum absolute atomic E-state index is 0.514. The normalized spacial score (nSPS) is 10.5. The molecule has 0 bridgehead atoms. The van der Waals surface area contributed by atoms with E-state index >= 15 is 0 Å². The Kier molecular flexibility index (Phi) is 5.91. The van der Waals surface area contributed by atoms with Gasteiger partial charge in [-0.15, -0.1) is 0 Å². The summed E-state index contributed by atoms with van der Waals surface area (Å²) in [7, 11) is 0. The Morgan fingerprint density at radius 3 is 2.50 bits per heavy atom. The maximum absolute atomic E-state index is 5.69. The van der Waals surface area contributed by atoms with Crippen LogP contribution in [0.2, 0.25) is 0 Å². The van der Waals surface area contributed by atoms with Crippen molar-refractivity contribution in [2.24, 2.45) is 0 Å². The van der Waals surface area contributed by atoms with Crippen LogP contribution in [-0.4, -0.2) is 28.1 Å². The van der Waals surface area contributed by atoms with Crippen molar-refractivity contribution in [2.75, 3.05) is 18.6 Å². The van der Waals surface area contributed by atoms with Gasteiger partial charge in [-0.25, -0.2) is 9.77 Å². The fourth-order valence-electron chi connectivity index (χ4n) is 2.60. The highest BCUT2D eigenvalue weighted by Gasteiger charge is 2.10. The van der Waals surface area contributed by atoms with Crippen LogP contribution in [0, 0.1) is 4.77 Å². The van der Waals surface area contributed by atoms with Crippen molar-refractivity contribution in [3.05, 3.63) is 58.9 Å². The number of aromatic nitrogens is 3. The second-order valence-corrected chi connectivity index (χ2v) is 5.92. The molecule has 6 nitrogen and oxygen atoms in total. The number of benzene rings is 2. The van der Waals surface area contributed by atoms with Crippen molar-refractivity contribution in [3.8, 4) is 22.9 Å². The molecule has 0 aliphatic heterocycles. The minimum atomic E-state index is 0.514. The summed E-state index contributed by atoms with van der Waals surface area (Å²) < 4.78 is 13.6. The van der Waals surface area contributed by atoms with Crippen molar-refractivity contribution in [1.29, 1.82) is 0 Å². The standard InChI is InChI=1S/C19H22N4O2S/c1-3-24-16-11-10-14(12-17(16)25-4-2)13-20-23-18(21-22-19(23)26)15-8-6-5-7-9-15/h5-12,20H,3-4,13H2,1-2H3,(H,22,26). The maximum Gasteiger partial charge on any atom is 0.214 e. The molecule has 0 saturated carbocycles. The smallest absolute Gasteiger partial charge is 0.214 e. The van der Waals surface area contributed by atoms with E-state index < -0.39 is 0 Å². The number of hydrogen-bond donors (Lipinski definition) is 2. The van der Waals surface area contributed by atoms with Gasteiger partial charge in [-0.05, 0) is 43.8 Å². The average Bonchev–Trinajstić information content (AvgIpc) is 3.03. The van der Waals surface area contributed by atoms with Gasteiger partial charge in [0, 0.05) is 5.56 Å². The molecular weight excluding hydrogens is 348 g/mol. The van der Waals surface area contributed by atoms with Gasteiger partial charge < -0.3 is 14.9 Å². The lowest BCUT2D eigenvalue weighted by molar-refractivity contribution is 0.287. The summed E-state index contributed by atoms with van der Waals surface area (Å²) in [4.78, 5) is 0. The molecule has 3 rings (SSSR count). The van der Waals surface area contributed by atoms with Gasteiger partial charge in [0.1, 0.15) is 0 Å². The number of H-pyrrole nitrogens is 1. The van der Waals surface area contributed by atoms with E-state index in [2.05, 4.69) is 15.6 Å². The van der Waals surface area contributed by atoms with Crippen molar-refractivity contribution >= 4 is 12.2 Å². The van der Waals surface area contributed by atoms with E-state index in [0.29, 0.717) is 24.5 Å². The molecule has 1 heterocycles. The Balaban J connectivity index is 1.81. The summed E-state index contributed by atoms with van der Waals surface area (Å²) in [6, 6.07) is 15.8. The molecule has 0 radical (unpaired) electrons. The van der Waals surface area contributed by atoms with Crippen LogP contribution in [0.25, 0.3) is 11.4 Å². The quantitative estimate of drug-likeness (QED) is 0.583. The highest BCUT2D eigenvalue weighted by Crippen LogP contribution is 2.28. The van der Waals surface area contributed by atoms with Crippen LogP contribution in [0.1, 0.15) is 19.4 Å². The largest absolute Gasteiger partial charge is 0.490 e. The molecule has 0 spiro atoms. The van der Waals surface area contributed by atoms with Gasteiger partial charge >= 0.3 is 0 Å². The van der Waals surface area contributed by atoms with Crippen molar-refractivity contribution in [3.63, 3.8) is 0 Å². The van der Waals surface area contributed by atoms with Gasteiger partial charge in [0.15, 0.2) is 17.3 Å².